The topological polar surface area (TPSA) is 64.3 Å². The van der Waals surface area contributed by atoms with Crippen LogP contribution in [0, 0.1) is 6.92 Å². The molecule has 0 fully saturated rings. The van der Waals surface area contributed by atoms with E-state index in [-0.39, 0.29) is 18.3 Å². The lowest BCUT2D eigenvalue weighted by atomic mass is 10.1. The molecule has 0 aliphatic heterocycles. The van der Waals surface area contributed by atoms with Gasteiger partial charge in [-0.15, -0.1) is 12.4 Å². The highest BCUT2D eigenvalue weighted by molar-refractivity contribution is 5.96. The molecule has 0 radical (unpaired) electrons. The molecule has 16 heavy (non-hydrogen) atoms. The van der Waals surface area contributed by atoms with Crippen molar-refractivity contribution in [2.45, 2.75) is 6.92 Å². The van der Waals surface area contributed by atoms with Crippen LogP contribution in [0.5, 0.6) is 0 Å². The number of amides is 1. The molecular formula is C11H17ClN2O2. The molecule has 1 aromatic carbocycles. The third-order valence-electron chi connectivity index (χ3n) is 2.10. The van der Waals surface area contributed by atoms with Gasteiger partial charge in [-0.25, -0.2) is 0 Å². The monoisotopic (exact) mass is 244 g/mol. The number of benzene rings is 1. The van der Waals surface area contributed by atoms with Crippen molar-refractivity contribution in [2.75, 3.05) is 26.0 Å². The Kier molecular flexibility index (Phi) is 6.53. The van der Waals surface area contributed by atoms with Crippen LogP contribution < -0.4 is 11.1 Å². The second kappa shape index (κ2) is 7.09. The van der Waals surface area contributed by atoms with Crippen molar-refractivity contribution >= 4 is 24.0 Å². The zero-order chi connectivity index (χ0) is 11.3. The molecule has 0 aromatic heterocycles. The van der Waals surface area contributed by atoms with E-state index in [1.165, 1.54) is 0 Å². The van der Waals surface area contributed by atoms with Gasteiger partial charge in [-0.1, -0.05) is 6.07 Å². The molecule has 90 valence electrons. The van der Waals surface area contributed by atoms with E-state index in [1.807, 2.05) is 13.0 Å². The summed E-state index contributed by atoms with van der Waals surface area (Å²) in [6.07, 6.45) is 0. The average molecular weight is 245 g/mol. The molecule has 3 N–H and O–H groups in total. The summed E-state index contributed by atoms with van der Waals surface area (Å²) in [5.74, 6) is -0.114. The maximum atomic E-state index is 11.7. The fraction of sp³-hybridized carbons (Fsp3) is 0.364. The maximum Gasteiger partial charge on any atom is 0.251 e. The zero-order valence-corrected chi connectivity index (χ0v) is 10.3. The van der Waals surface area contributed by atoms with E-state index in [1.54, 1.807) is 19.2 Å². The molecule has 0 bridgehead atoms. The van der Waals surface area contributed by atoms with Crippen LogP contribution in [0.15, 0.2) is 18.2 Å². The number of carbonyl (C=O) groups excluding carboxylic acids is 1. The SMILES string of the molecule is COCCNC(=O)c1cc(N)ccc1C.Cl. The minimum absolute atomic E-state index is 0. The maximum absolute atomic E-state index is 11.7. The first kappa shape index (κ1) is 14.7. The molecular weight excluding hydrogens is 228 g/mol. The van der Waals surface area contributed by atoms with Crippen molar-refractivity contribution in [2.24, 2.45) is 0 Å². The molecule has 0 spiro atoms. The Bertz CT molecular complexity index is 356. The van der Waals surface area contributed by atoms with Gasteiger partial charge < -0.3 is 15.8 Å². The van der Waals surface area contributed by atoms with E-state index in [0.717, 1.165) is 5.56 Å². The Hall–Kier alpha value is -1.26. The van der Waals surface area contributed by atoms with Crippen molar-refractivity contribution in [1.29, 1.82) is 0 Å². The number of ether oxygens (including phenoxy) is 1. The Morgan fingerprint density at radius 1 is 1.50 bits per heavy atom. The third-order valence-corrected chi connectivity index (χ3v) is 2.10. The van der Waals surface area contributed by atoms with Gasteiger partial charge in [-0.2, -0.15) is 0 Å². The first-order valence-electron chi connectivity index (χ1n) is 4.78. The fourth-order valence-electron chi connectivity index (χ4n) is 1.25. The van der Waals surface area contributed by atoms with Gasteiger partial charge in [0.15, 0.2) is 0 Å². The second-order valence-electron chi connectivity index (χ2n) is 3.32. The highest BCUT2D eigenvalue weighted by Gasteiger charge is 2.08. The molecule has 0 aliphatic carbocycles. The molecule has 0 atom stereocenters. The van der Waals surface area contributed by atoms with Crippen molar-refractivity contribution in [3.63, 3.8) is 0 Å². The lowest BCUT2D eigenvalue weighted by molar-refractivity contribution is 0.0936. The summed E-state index contributed by atoms with van der Waals surface area (Å²) < 4.78 is 4.84. The second-order valence-corrected chi connectivity index (χ2v) is 3.32. The molecule has 5 heteroatoms. The molecule has 1 rings (SSSR count). The molecule has 1 aromatic rings. The molecule has 4 nitrogen and oxygen atoms in total. The van der Waals surface area contributed by atoms with Crippen molar-refractivity contribution < 1.29 is 9.53 Å². The Balaban J connectivity index is 0.00000225. The summed E-state index contributed by atoms with van der Waals surface area (Å²) in [5, 5.41) is 2.75. The van der Waals surface area contributed by atoms with Gasteiger partial charge in [0, 0.05) is 24.9 Å². The van der Waals surface area contributed by atoms with E-state index in [0.29, 0.717) is 24.4 Å². The first-order valence-corrected chi connectivity index (χ1v) is 4.78. The van der Waals surface area contributed by atoms with Crippen molar-refractivity contribution in [1.82, 2.24) is 5.32 Å². The van der Waals surface area contributed by atoms with E-state index in [4.69, 9.17) is 10.5 Å². The summed E-state index contributed by atoms with van der Waals surface area (Å²) in [7, 11) is 1.60. The van der Waals surface area contributed by atoms with Crippen LogP contribution >= 0.6 is 12.4 Å². The van der Waals surface area contributed by atoms with Crippen molar-refractivity contribution in [3.05, 3.63) is 29.3 Å². The molecule has 1 amide bonds. The van der Waals surface area contributed by atoms with Crippen LogP contribution in [0.3, 0.4) is 0 Å². The van der Waals surface area contributed by atoms with E-state index >= 15 is 0 Å². The Morgan fingerprint density at radius 2 is 2.19 bits per heavy atom. The number of halogens is 1. The number of aryl methyl sites for hydroxylation is 1. The third kappa shape index (κ3) is 4.08. The van der Waals surface area contributed by atoms with Gasteiger partial charge in [0.25, 0.3) is 5.91 Å². The highest BCUT2D eigenvalue weighted by atomic mass is 35.5. The van der Waals surface area contributed by atoms with Crippen LogP contribution in [0.25, 0.3) is 0 Å². The smallest absolute Gasteiger partial charge is 0.251 e. The van der Waals surface area contributed by atoms with Crippen LogP contribution in [0.2, 0.25) is 0 Å². The Morgan fingerprint density at radius 3 is 2.81 bits per heavy atom. The van der Waals surface area contributed by atoms with Crippen LogP contribution in [0.4, 0.5) is 5.69 Å². The van der Waals surface area contributed by atoms with Crippen LogP contribution in [-0.4, -0.2) is 26.2 Å². The fourth-order valence-corrected chi connectivity index (χ4v) is 1.25. The van der Waals surface area contributed by atoms with Gasteiger partial charge in [0.05, 0.1) is 6.61 Å². The average Bonchev–Trinajstić information content (AvgIpc) is 2.22. The summed E-state index contributed by atoms with van der Waals surface area (Å²) in [4.78, 5) is 11.7. The standard InChI is InChI=1S/C11H16N2O2.ClH/c1-8-3-4-9(12)7-10(8)11(14)13-5-6-15-2;/h3-4,7H,5-6,12H2,1-2H3,(H,13,14);1H. The summed E-state index contributed by atoms with van der Waals surface area (Å²) >= 11 is 0. The number of carbonyl (C=O) groups is 1. The predicted molar refractivity (Wildman–Crippen MR) is 67.0 cm³/mol. The van der Waals surface area contributed by atoms with Gasteiger partial charge in [0.1, 0.15) is 0 Å². The molecule has 0 unspecified atom stereocenters. The highest BCUT2D eigenvalue weighted by Crippen LogP contribution is 2.12. The number of hydrogen-bond acceptors (Lipinski definition) is 3. The van der Waals surface area contributed by atoms with E-state index < -0.39 is 0 Å². The first-order chi connectivity index (χ1) is 7.15. The van der Waals surface area contributed by atoms with E-state index in [2.05, 4.69) is 5.32 Å². The largest absolute Gasteiger partial charge is 0.399 e. The number of nitrogens with one attached hydrogen (secondary N) is 1. The normalized spacial score (nSPS) is 9.38. The van der Waals surface area contributed by atoms with Crippen LogP contribution in [0.1, 0.15) is 15.9 Å². The van der Waals surface area contributed by atoms with Gasteiger partial charge >= 0.3 is 0 Å². The molecule has 0 saturated heterocycles. The number of rotatable bonds is 4. The van der Waals surface area contributed by atoms with Crippen molar-refractivity contribution in [3.8, 4) is 0 Å². The minimum Gasteiger partial charge on any atom is -0.399 e. The number of anilines is 1. The summed E-state index contributed by atoms with van der Waals surface area (Å²) in [6.45, 7) is 2.89. The lowest BCUT2D eigenvalue weighted by Gasteiger charge is -2.07. The minimum atomic E-state index is -0.114. The van der Waals surface area contributed by atoms with Gasteiger partial charge in [-0.3, -0.25) is 4.79 Å². The molecule has 0 heterocycles. The Labute approximate surface area is 102 Å². The van der Waals surface area contributed by atoms with Gasteiger partial charge in [-0.05, 0) is 24.6 Å². The zero-order valence-electron chi connectivity index (χ0n) is 9.45. The molecule has 0 saturated carbocycles. The van der Waals surface area contributed by atoms with E-state index in [9.17, 15) is 4.79 Å². The number of nitrogen functional groups attached to an aromatic ring is 1. The quantitative estimate of drug-likeness (QED) is 0.621. The number of nitrogens with two attached hydrogens (primary N) is 1. The molecule has 0 aliphatic rings. The predicted octanol–water partition coefficient (Wildman–Crippen LogP) is 1.38. The van der Waals surface area contributed by atoms with Gasteiger partial charge in [0.2, 0.25) is 0 Å². The lowest BCUT2D eigenvalue weighted by Crippen LogP contribution is -2.27. The van der Waals surface area contributed by atoms with Crippen LogP contribution in [-0.2, 0) is 4.74 Å². The summed E-state index contributed by atoms with van der Waals surface area (Å²) in [6, 6.07) is 5.29. The summed E-state index contributed by atoms with van der Waals surface area (Å²) in [5.41, 5.74) is 7.74. The number of methoxy groups -OCH3 is 1. The number of hydrogen-bond donors (Lipinski definition) is 2.